The fraction of sp³-hybridized carbons (Fsp3) is 0.333. The summed E-state index contributed by atoms with van der Waals surface area (Å²) in [4.78, 5) is 0. The van der Waals surface area contributed by atoms with Crippen LogP contribution in [0.15, 0.2) is 18.2 Å². The van der Waals surface area contributed by atoms with Gasteiger partial charge in [0.25, 0.3) is 0 Å². The van der Waals surface area contributed by atoms with Gasteiger partial charge in [0.1, 0.15) is 11.6 Å². The number of benzene rings is 1. The minimum Gasteiger partial charge on any atom is -0.428 e. The highest BCUT2D eigenvalue weighted by atomic mass is 19.3. The van der Waals surface area contributed by atoms with Crippen LogP contribution in [0.1, 0.15) is 0 Å². The fourth-order valence-electron chi connectivity index (χ4n) is 0.964. The Labute approximate surface area is 88.0 Å². The van der Waals surface area contributed by atoms with Crippen molar-refractivity contribution in [3.8, 4) is 5.75 Å². The Bertz CT molecular complexity index is 369. The first-order valence-electron chi connectivity index (χ1n) is 4.19. The van der Waals surface area contributed by atoms with Crippen molar-refractivity contribution in [3.05, 3.63) is 24.0 Å². The smallest absolute Gasteiger partial charge is 0.428 e. The van der Waals surface area contributed by atoms with E-state index in [2.05, 4.69) is 10.1 Å². The average molecular weight is 241 g/mol. The van der Waals surface area contributed by atoms with Gasteiger partial charge in [-0.2, -0.15) is 17.6 Å². The molecule has 16 heavy (non-hydrogen) atoms. The van der Waals surface area contributed by atoms with E-state index in [1.54, 1.807) is 0 Å². The van der Waals surface area contributed by atoms with Crippen LogP contribution in [0.5, 0.6) is 5.75 Å². The fourth-order valence-corrected chi connectivity index (χ4v) is 0.964. The van der Waals surface area contributed by atoms with Crippen LogP contribution in [0.4, 0.5) is 27.6 Å². The third-order valence-electron chi connectivity index (χ3n) is 1.72. The lowest BCUT2D eigenvalue weighted by atomic mass is 10.3. The quantitative estimate of drug-likeness (QED) is 0.818. The first kappa shape index (κ1) is 12.5. The van der Waals surface area contributed by atoms with Crippen molar-refractivity contribution >= 4 is 5.69 Å². The lowest BCUT2D eigenvalue weighted by molar-refractivity contribution is -0.253. The molecule has 0 amide bonds. The number of rotatable bonds is 4. The van der Waals surface area contributed by atoms with Gasteiger partial charge in [-0.25, -0.2) is 4.39 Å². The van der Waals surface area contributed by atoms with Crippen molar-refractivity contribution in [1.82, 2.24) is 0 Å². The van der Waals surface area contributed by atoms with Crippen LogP contribution in [0.2, 0.25) is 0 Å². The van der Waals surface area contributed by atoms with Gasteiger partial charge in [-0.15, -0.1) is 0 Å². The SMILES string of the molecule is CNc1ccc(OC(F)(F)C(F)F)cc1F. The molecule has 1 aromatic rings. The lowest BCUT2D eigenvalue weighted by Crippen LogP contribution is -2.33. The molecule has 1 aromatic carbocycles. The standard InChI is InChI=1S/C9H8F5NO/c1-15-7-3-2-5(4-6(7)10)16-9(13,14)8(11)12/h2-4,8,15H,1H3. The highest BCUT2D eigenvalue weighted by Gasteiger charge is 2.44. The largest absolute Gasteiger partial charge is 0.461 e. The first-order chi connectivity index (χ1) is 7.36. The Balaban J connectivity index is 2.87. The van der Waals surface area contributed by atoms with E-state index in [1.807, 2.05) is 0 Å². The summed E-state index contributed by atoms with van der Waals surface area (Å²) in [5, 5.41) is 2.44. The highest BCUT2D eigenvalue weighted by molar-refractivity contribution is 5.47. The van der Waals surface area contributed by atoms with Gasteiger partial charge >= 0.3 is 12.5 Å². The topological polar surface area (TPSA) is 21.3 Å². The molecule has 0 spiro atoms. The zero-order valence-corrected chi connectivity index (χ0v) is 8.11. The minimum atomic E-state index is -4.63. The summed E-state index contributed by atoms with van der Waals surface area (Å²) in [7, 11) is 1.42. The van der Waals surface area contributed by atoms with Crippen molar-refractivity contribution < 1.29 is 26.7 Å². The van der Waals surface area contributed by atoms with Gasteiger partial charge in [-0.3, -0.25) is 0 Å². The number of anilines is 1. The van der Waals surface area contributed by atoms with E-state index in [0.29, 0.717) is 6.07 Å². The van der Waals surface area contributed by atoms with Crippen LogP contribution in [0.3, 0.4) is 0 Å². The van der Waals surface area contributed by atoms with E-state index >= 15 is 0 Å². The summed E-state index contributed by atoms with van der Waals surface area (Å²) in [6.07, 6.45) is -8.60. The highest BCUT2D eigenvalue weighted by Crippen LogP contribution is 2.29. The number of hydrogen-bond acceptors (Lipinski definition) is 2. The molecule has 1 N–H and O–H groups in total. The molecule has 0 saturated heterocycles. The number of nitrogens with one attached hydrogen (secondary N) is 1. The van der Waals surface area contributed by atoms with Crippen molar-refractivity contribution in [3.63, 3.8) is 0 Å². The van der Waals surface area contributed by atoms with Crippen LogP contribution in [0, 0.1) is 5.82 Å². The molecule has 90 valence electrons. The Morgan fingerprint density at radius 2 is 1.94 bits per heavy atom. The molecule has 7 heteroatoms. The third kappa shape index (κ3) is 2.74. The summed E-state index contributed by atoms with van der Waals surface area (Å²) in [5.41, 5.74) is 0.0488. The van der Waals surface area contributed by atoms with E-state index < -0.39 is 24.1 Å². The maximum atomic E-state index is 13.1. The molecule has 0 fully saturated rings. The molecule has 0 aliphatic heterocycles. The van der Waals surface area contributed by atoms with E-state index in [0.717, 1.165) is 12.1 Å². The molecule has 2 nitrogen and oxygen atoms in total. The van der Waals surface area contributed by atoms with Gasteiger partial charge in [0.05, 0.1) is 5.69 Å². The number of ether oxygens (including phenoxy) is 1. The predicted molar refractivity (Wildman–Crippen MR) is 47.5 cm³/mol. The average Bonchev–Trinajstić information content (AvgIpc) is 2.17. The number of halogens is 5. The van der Waals surface area contributed by atoms with E-state index in [1.165, 1.54) is 7.05 Å². The minimum absolute atomic E-state index is 0.0488. The molecule has 0 heterocycles. The molecule has 0 saturated carbocycles. The zero-order chi connectivity index (χ0) is 12.3. The third-order valence-corrected chi connectivity index (χ3v) is 1.72. The van der Waals surface area contributed by atoms with Crippen molar-refractivity contribution in [2.24, 2.45) is 0 Å². The summed E-state index contributed by atoms with van der Waals surface area (Å²) >= 11 is 0. The van der Waals surface area contributed by atoms with Crippen LogP contribution >= 0.6 is 0 Å². The van der Waals surface area contributed by atoms with Gasteiger partial charge < -0.3 is 10.1 Å². The van der Waals surface area contributed by atoms with Gasteiger partial charge in [0, 0.05) is 13.1 Å². The second-order valence-corrected chi connectivity index (χ2v) is 2.86. The van der Waals surface area contributed by atoms with Crippen LogP contribution < -0.4 is 10.1 Å². The molecule has 0 aromatic heterocycles. The van der Waals surface area contributed by atoms with Crippen molar-refractivity contribution in [1.29, 1.82) is 0 Å². The Morgan fingerprint density at radius 3 is 2.38 bits per heavy atom. The van der Waals surface area contributed by atoms with Crippen molar-refractivity contribution in [2.45, 2.75) is 12.5 Å². The van der Waals surface area contributed by atoms with Crippen LogP contribution in [-0.2, 0) is 0 Å². The van der Waals surface area contributed by atoms with Gasteiger partial charge in [-0.05, 0) is 12.1 Å². The summed E-state index contributed by atoms with van der Waals surface area (Å²) in [5.74, 6) is -1.54. The monoisotopic (exact) mass is 241 g/mol. The molecule has 0 unspecified atom stereocenters. The first-order valence-corrected chi connectivity index (χ1v) is 4.19. The zero-order valence-electron chi connectivity index (χ0n) is 8.11. The second-order valence-electron chi connectivity index (χ2n) is 2.86. The van der Waals surface area contributed by atoms with E-state index in [-0.39, 0.29) is 5.69 Å². The van der Waals surface area contributed by atoms with Gasteiger partial charge in [-0.1, -0.05) is 0 Å². The molecule has 0 aliphatic carbocycles. The molecule has 1 rings (SSSR count). The van der Waals surface area contributed by atoms with Gasteiger partial charge in [0.2, 0.25) is 0 Å². The van der Waals surface area contributed by atoms with E-state index in [4.69, 9.17) is 0 Å². The number of alkyl halides is 4. The summed E-state index contributed by atoms with van der Waals surface area (Å²) in [6, 6.07) is 2.67. The maximum Gasteiger partial charge on any atom is 0.461 e. The molecular formula is C9H8F5NO. The predicted octanol–water partition coefficient (Wildman–Crippen LogP) is 3.10. The molecule has 0 radical (unpaired) electrons. The number of hydrogen-bond donors (Lipinski definition) is 1. The second kappa shape index (κ2) is 4.54. The van der Waals surface area contributed by atoms with Gasteiger partial charge in [0.15, 0.2) is 0 Å². The Kier molecular flexibility index (Phi) is 3.56. The summed E-state index contributed by atoms with van der Waals surface area (Å²) < 4.78 is 65.1. The normalized spacial score (nSPS) is 11.7. The van der Waals surface area contributed by atoms with Crippen LogP contribution in [0.25, 0.3) is 0 Å². The maximum absolute atomic E-state index is 13.1. The van der Waals surface area contributed by atoms with E-state index in [9.17, 15) is 22.0 Å². The lowest BCUT2D eigenvalue weighted by Gasteiger charge is -2.17. The summed E-state index contributed by atoms with van der Waals surface area (Å²) in [6.45, 7) is 0. The Hall–Kier alpha value is -1.53. The molecule has 0 atom stereocenters. The molecule has 0 bridgehead atoms. The van der Waals surface area contributed by atoms with Crippen molar-refractivity contribution in [2.75, 3.05) is 12.4 Å². The Morgan fingerprint density at radius 1 is 1.31 bits per heavy atom. The molecule has 0 aliphatic rings. The van der Waals surface area contributed by atoms with Crippen LogP contribution in [-0.4, -0.2) is 19.6 Å². The molecular weight excluding hydrogens is 233 g/mol.